The molecule has 2 aromatic heterocycles. The minimum atomic E-state index is -4.30. The molecule has 2 aliphatic rings. The van der Waals surface area contributed by atoms with E-state index in [0.29, 0.717) is 11.3 Å². The lowest BCUT2D eigenvalue weighted by molar-refractivity contribution is -0.149. The van der Waals surface area contributed by atoms with Gasteiger partial charge in [-0.2, -0.15) is 15.1 Å². The molecule has 0 amide bonds. The number of benzene rings is 1. The molecular formula is C26H35FN7O7P. The molecule has 5 rings (SSSR count). The Morgan fingerprint density at radius 2 is 2.00 bits per heavy atom. The molecule has 3 aromatic rings. The second-order valence-electron chi connectivity index (χ2n) is 10.9. The zero-order valence-electron chi connectivity index (χ0n) is 23.6. The van der Waals surface area contributed by atoms with Gasteiger partial charge in [0.15, 0.2) is 29.4 Å². The Kier molecular flexibility index (Phi) is 8.41. The van der Waals surface area contributed by atoms with Crippen LogP contribution in [0.15, 0.2) is 36.7 Å². The molecule has 16 heteroatoms. The van der Waals surface area contributed by atoms with Gasteiger partial charge < -0.3 is 30.2 Å². The minimum absolute atomic E-state index is 0.0392. The normalized spacial score (nSPS) is 26.2. The number of nitrogen functional groups attached to an aromatic ring is 1. The van der Waals surface area contributed by atoms with Gasteiger partial charge in [0.2, 0.25) is 5.95 Å². The molecular weight excluding hydrogens is 572 g/mol. The van der Waals surface area contributed by atoms with E-state index in [2.05, 4.69) is 25.4 Å². The van der Waals surface area contributed by atoms with Crippen LogP contribution in [0, 0.1) is 0 Å². The second-order valence-corrected chi connectivity index (χ2v) is 12.6. The van der Waals surface area contributed by atoms with Gasteiger partial charge in [0, 0.05) is 6.04 Å². The fourth-order valence-electron chi connectivity index (χ4n) is 4.42. The summed E-state index contributed by atoms with van der Waals surface area (Å²) in [5.74, 6) is -0.104. The molecule has 2 fully saturated rings. The molecule has 5 N–H and O–H groups in total. The van der Waals surface area contributed by atoms with E-state index < -0.39 is 56.6 Å². The smallest absolute Gasteiger partial charge is 0.459 e. The molecule has 0 radical (unpaired) electrons. The quantitative estimate of drug-likeness (QED) is 0.174. The first-order valence-corrected chi connectivity index (χ1v) is 15.2. The van der Waals surface area contributed by atoms with Gasteiger partial charge in [-0.25, -0.2) is 13.9 Å². The maximum absolute atomic E-state index is 15.6. The Balaban J connectivity index is 1.36. The molecule has 1 aliphatic carbocycles. The number of aliphatic hydroxyl groups is 1. The van der Waals surface area contributed by atoms with Gasteiger partial charge in [0.25, 0.3) is 0 Å². The number of carbonyl (C=O) groups excluding carboxylic acids is 1. The van der Waals surface area contributed by atoms with Crippen molar-refractivity contribution in [3.05, 3.63) is 36.7 Å². The summed E-state index contributed by atoms with van der Waals surface area (Å²) < 4.78 is 53.4. The number of nitrogens with zero attached hydrogens (tertiary/aromatic N) is 4. The highest BCUT2D eigenvalue weighted by atomic mass is 31.2. The lowest BCUT2D eigenvalue weighted by atomic mass is 9.99. The molecule has 0 unspecified atom stereocenters. The molecule has 0 spiro atoms. The Labute approximate surface area is 241 Å². The standard InChI is InChI=1S/C26H35FN7O7P/c1-14(2)39-24(36)15(3)33-42(37,41-17-8-6-5-7-9-17)38-12-26(4)20(35)18(27)23(40-26)34-13-29-19-21(30-16-10-11-16)31-25(28)32-22(19)34/h5-9,13-16,18,20,23,35H,10-12H2,1-4H3,(H,33,37)(H3,28,30,31,32)/t15-,18+,20-,23+,26+,42-/m0/s1. The van der Waals surface area contributed by atoms with E-state index >= 15 is 4.39 Å². The Morgan fingerprint density at radius 1 is 1.29 bits per heavy atom. The number of nitrogens with one attached hydrogen (secondary N) is 2. The third kappa shape index (κ3) is 6.50. The highest BCUT2D eigenvalue weighted by molar-refractivity contribution is 7.52. The maximum Gasteiger partial charge on any atom is 0.459 e. The molecule has 6 atom stereocenters. The van der Waals surface area contributed by atoms with Crippen LogP contribution in [0.1, 0.15) is 46.8 Å². The van der Waals surface area contributed by atoms with Crippen LogP contribution in [-0.2, 0) is 23.4 Å². The van der Waals surface area contributed by atoms with Crippen molar-refractivity contribution in [2.24, 2.45) is 0 Å². The number of para-hydroxylation sites is 1. The van der Waals surface area contributed by atoms with Crippen molar-refractivity contribution >= 4 is 36.6 Å². The van der Waals surface area contributed by atoms with Crippen molar-refractivity contribution in [2.75, 3.05) is 17.7 Å². The van der Waals surface area contributed by atoms with E-state index in [4.69, 9.17) is 24.3 Å². The van der Waals surface area contributed by atoms with E-state index in [-0.39, 0.29) is 23.4 Å². The number of ether oxygens (including phenoxy) is 2. The number of aromatic nitrogens is 4. The summed E-state index contributed by atoms with van der Waals surface area (Å²) in [7, 11) is -4.30. The molecule has 3 heterocycles. The van der Waals surface area contributed by atoms with Crippen molar-refractivity contribution in [2.45, 2.75) is 82.8 Å². The predicted octanol–water partition coefficient (Wildman–Crippen LogP) is 3.10. The van der Waals surface area contributed by atoms with Crippen molar-refractivity contribution < 1.29 is 37.4 Å². The fourth-order valence-corrected chi connectivity index (χ4v) is 6.01. The maximum atomic E-state index is 15.6. The number of hydrogen-bond acceptors (Lipinski definition) is 12. The molecule has 0 bridgehead atoms. The summed E-state index contributed by atoms with van der Waals surface area (Å²) in [6, 6.07) is 7.33. The number of anilines is 2. The van der Waals surface area contributed by atoms with Crippen LogP contribution < -0.4 is 20.7 Å². The third-order valence-corrected chi connectivity index (χ3v) is 8.39. The van der Waals surface area contributed by atoms with Crippen molar-refractivity contribution in [3.8, 4) is 5.75 Å². The lowest BCUT2D eigenvalue weighted by Gasteiger charge is -2.30. The largest absolute Gasteiger partial charge is 0.462 e. The fraction of sp³-hybridized carbons (Fsp3) is 0.538. The highest BCUT2D eigenvalue weighted by Crippen LogP contribution is 2.48. The first-order chi connectivity index (χ1) is 19.9. The number of halogens is 1. The van der Waals surface area contributed by atoms with Crippen molar-refractivity contribution in [1.29, 1.82) is 0 Å². The number of aliphatic hydroxyl groups excluding tert-OH is 1. The highest BCUT2D eigenvalue weighted by Gasteiger charge is 2.55. The number of alkyl halides is 1. The van der Waals surface area contributed by atoms with Crippen molar-refractivity contribution in [3.63, 3.8) is 0 Å². The molecule has 228 valence electrons. The summed E-state index contributed by atoms with van der Waals surface area (Å²) in [4.78, 5) is 25.2. The Bertz CT molecular complexity index is 1470. The van der Waals surface area contributed by atoms with Crippen LogP contribution in [0.25, 0.3) is 11.2 Å². The topological polar surface area (TPSA) is 185 Å². The van der Waals surface area contributed by atoms with Crippen LogP contribution in [-0.4, -0.2) is 73.3 Å². The zero-order valence-corrected chi connectivity index (χ0v) is 24.5. The Hall–Kier alpha value is -3.36. The van der Waals surface area contributed by atoms with E-state index in [1.807, 2.05) is 0 Å². The van der Waals surface area contributed by atoms with Crippen LogP contribution in [0.4, 0.5) is 16.2 Å². The molecule has 1 saturated heterocycles. The first kappa shape index (κ1) is 30.1. The number of carbonyl (C=O) groups is 1. The lowest BCUT2D eigenvalue weighted by Crippen LogP contribution is -2.44. The monoisotopic (exact) mass is 607 g/mol. The number of imidazole rings is 1. The van der Waals surface area contributed by atoms with Gasteiger partial charge in [-0.15, -0.1) is 0 Å². The van der Waals surface area contributed by atoms with E-state index in [1.54, 1.807) is 44.2 Å². The summed E-state index contributed by atoms with van der Waals surface area (Å²) in [5, 5.41) is 16.7. The third-order valence-electron chi connectivity index (χ3n) is 6.77. The molecule has 42 heavy (non-hydrogen) atoms. The van der Waals surface area contributed by atoms with E-state index in [0.717, 1.165) is 12.8 Å². The SMILES string of the molecule is CC(C)OC(=O)[C@H](C)N[P@](=O)(OC[C@@]1(C)O[C@@H](n2cnc3c(NC4CC4)nc(N)nc32)[C@H](F)[C@@H]1O)Oc1ccccc1. The van der Waals surface area contributed by atoms with Gasteiger partial charge in [0.05, 0.1) is 19.0 Å². The first-order valence-electron chi connectivity index (χ1n) is 13.6. The number of hydrogen-bond donors (Lipinski definition) is 4. The zero-order chi connectivity index (χ0) is 30.2. The number of esters is 1. The molecule has 14 nitrogen and oxygen atoms in total. The summed E-state index contributed by atoms with van der Waals surface area (Å²) in [6.07, 6.45) is -2.13. The van der Waals surface area contributed by atoms with Crippen LogP contribution in [0.5, 0.6) is 5.75 Å². The average molecular weight is 608 g/mol. The van der Waals surface area contributed by atoms with Crippen LogP contribution >= 0.6 is 7.75 Å². The van der Waals surface area contributed by atoms with Gasteiger partial charge >= 0.3 is 13.7 Å². The second kappa shape index (κ2) is 11.7. The van der Waals surface area contributed by atoms with Crippen LogP contribution in [0.3, 0.4) is 0 Å². The Morgan fingerprint density at radius 3 is 2.67 bits per heavy atom. The predicted molar refractivity (Wildman–Crippen MR) is 150 cm³/mol. The molecule has 1 saturated carbocycles. The number of nitrogens with two attached hydrogens (primary N) is 1. The van der Waals surface area contributed by atoms with E-state index in [9.17, 15) is 14.5 Å². The molecule has 1 aromatic carbocycles. The van der Waals surface area contributed by atoms with Gasteiger partial charge in [-0.1, -0.05) is 18.2 Å². The van der Waals surface area contributed by atoms with Crippen LogP contribution in [0.2, 0.25) is 0 Å². The average Bonchev–Trinajstić information content (AvgIpc) is 3.60. The summed E-state index contributed by atoms with van der Waals surface area (Å²) >= 11 is 0. The van der Waals surface area contributed by atoms with Gasteiger partial charge in [0.1, 0.15) is 23.5 Å². The minimum Gasteiger partial charge on any atom is -0.462 e. The van der Waals surface area contributed by atoms with Gasteiger partial charge in [-0.3, -0.25) is 13.9 Å². The number of rotatable bonds is 12. The molecule has 1 aliphatic heterocycles. The summed E-state index contributed by atoms with van der Waals surface area (Å²) in [6.45, 7) is 5.63. The summed E-state index contributed by atoms with van der Waals surface area (Å²) in [5.41, 5.74) is 4.81. The van der Waals surface area contributed by atoms with Gasteiger partial charge in [-0.05, 0) is 52.7 Å². The van der Waals surface area contributed by atoms with Crippen molar-refractivity contribution in [1.82, 2.24) is 24.6 Å². The number of fused-ring (bicyclic) bond motifs is 1. The van der Waals surface area contributed by atoms with E-state index in [1.165, 1.54) is 24.7 Å².